The Bertz CT molecular complexity index is 553. The molecule has 0 aliphatic heterocycles. The number of halogens is 2. The van der Waals surface area contributed by atoms with Gasteiger partial charge >= 0.3 is 0 Å². The maximum absolute atomic E-state index is 13.9. The van der Waals surface area contributed by atoms with Gasteiger partial charge in [-0.15, -0.1) is 0 Å². The van der Waals surface area contributed by atoms with E-state index in [2.05, 4.69) is 4.98 Å². The van der Waals surface area contributed by atoms with E-state index < -0.39 is 11.6 Å². The van der Waals surface area contributed by atoms with Crippen molar-refractivity contribution in [3.8, 4) is 11.1 Å². The molecule has 1 aromatic carbocycles. The molecule has 0 unspecified atom stereocenters. The molecule has 0 N–H and O–H groups in total. The van der Waals surface area contributed by atoms with Crippen LogP contribution in [0.15, 0.2) is 30.6 Å². The molecule has 18 heavy (non-hydrogen) atoms. The molecule has 3 heteroatoms. The fourth-order valence-electron chi connectivity index (χ4n) is 2.02. The van der Waals surface area contributed by atoms with Crippen LogP contribution < -0.4 is 0 Å². The highest BCUT2D eigenvalue weighted by atomic mass is 19.1. The lowest BCUT2D eigenvalue weighted by Gasteiger charge is -2.11. The van der Waals surface area contributed by atoms with Gasteiger partial charge in [0.1, 0.15) is 11.6 Å². The minimum Gasteiger partial charge on any atom is -0.264 e. The highest BCUT2D eigenvalue weighted by Gasteiger charge is 2.15. The zero-order valence-electron chi connectivity index (χ0n) is 10.7. The monoisotopic (exact) mass is 247 g/mol. The Kier molecular flexibility index (Phi) is 3.41. The molecular weight excluding hydrogens is 232 g/mol. The highest BCUT2D eigenvalue weighted by Crippen LogP contribution is 2.28. The molecule has 0 atom stereocenters. The molecule has 0 spiro atoms. The van der Waals surface area contributed by atoms with Crippen molar-refractivity contribution in [1.29, 1.82) is 0 Å². The molecule has 1 nitrogen and oxygen atoms in total. The third-order valence-electron chi connectivity index (χ3n) is 2.86. The standard InChI is InChI=1S/C15H15F2N/c1-9(2)15-13(16)5-11(6-14(15)17)12-4-10(3)7-18-8-12/h4-9H,1-3H3. The molecule has 2 rings (SSSR count). The summed E-state index contributed by atoms with van der Waals surface area (Å²) in [5.41, 5.74) is 2.34. The highest BCUT2D eigenvalue weighted by molar-refractivity contribution is 5.63. The van der Waals surface area contributed by atoms with Gasteiger partial charge in [0.25, 0.3) is 0 Å². The van der Waals surface area contributed by atoms with Crippen LogP contribution in [0.2, 0.25) is 0 Å². The zero-order chi connectivity index (χ0) is 13.3. The summed E-state index contributed by atoms with van der Waals surface area (Å²) >= 11 is 0. The van der Waals surface area contributed by atoms with Crippen LogP contribution in [0.3, 0.4) is 0 Å². The third kappa shape index (κ3) is 2.40. The van der Waals surface area contributed by atoms with Crippen LogP contribution in [0.5, 0.6) is 0 Å². The lowest BCUT2D eigenvalue weighted by molar-refractivity contribution is 0.542. The van der Waals surface area contributed by atoms with E-state index in [0.717, 1.165) is 11.1 Å². The number of pyridine rings is 1. The Morgan fingerprint density at radius 2 is 1.56 bits per heavy atom. The minimum absolute atomic E-state index is 0.138. The van der Waals surface area contributed by atoms with Gasteiger partial charge in [0.15, 0.2) is 0 Å². The first-order valence-corrected chi connectivity index (χ1v) is 5.90. The summed E-state index contributed by atoms with van der Waals surface area (Å²) in [6.07, 6.45) is 3.31. The zero-order valence-corrected chi connectivity index (χ0v) is 10.7. The van der Waals surface area contributed by atoms with Gasteiger partial charge in [-0.3, -0.25) is 4.98 Å². The predicted octanol–water partition coefficient (Wildman–Crippen LogP) is 4.46. The van der Waals surface area contributed by atoms with Crippen molar-refractivity contribution in [2.75, 3.05) is 0 Å². The van der Waals surface area contributed by atoms with Crippen LogP contribution in [0.25, 0.3) is 11.1 Å². The first kappa shape index (κ1) is 12.7. The van der Waals surface area contributed by atoms with Crippen LogP contribution in [0.1, 0.15) is 30.9 Å². The summed E-state index contributed by atoms with van der Waals surface area (Å²) in [7, 11) is 0. The van der Waals surface area contributed by atoms with E-state index in [1.54, 1.807) is 26.2 Å². The van der Waals surface area contributed by atoms with Gasteiger partial charge in [-0.1, -0.05) is 13.8 Å². The van der Waals surface area contributed by atoms with E-state index in [-0.39, 0.29) is 11.5 Å². The molecule has 1 heterocycles. The van der Waals surface area contributed by atoms with Gasteiger partial charge in [0, 0.05) is 23.5 Å². The van der Waals surface area contributed by atoms with Gasteiger partial charge in [-0.2, -0.15) is 0 Å². The molecule has 0 aliphatic carbocycles. The second-order valence-corrected chi connectivity index (χ2v) is 4.76. The van der Waals surface area contributed by atoms with Crippen molar-refractivity contribution >= 4 is 0 Å². The van der Waals surface area contributed by atoms with Gasteiger partial charge < -0.3 is 0 Å². The number of nitrogens with zero attached hydrogens (tertiary/aromatic N) is 1. The topological polar surface area (TPSA) is 12.9 Å². The molecule has 0 radical (unpaired) electrons. The molecule has 0 bridgehead atoms. The maximum atomic E-state index is 13.9. The number of hydrogen-bond acceptors (Lipinski definition) is 1. The van der Waals surface area contributed by atoms with Crippen molar-refractivity contribution < 1.29 is 8.78 Å². The Morgan fingerprint density at radius 3 is 2.06 bits per heavy atom. The first-order valence-electron chi connectivity index (χ1n) is 5.90. The number of aromatic nitrogens is 1. The normalized spacial score (nSPS) is 11.0. The molecule has 0 fully saturated rings. The van der Waals surface area contributed by atoms with Crippen LogP contribution in [0.4, 0.5) is 8.78 Å². The van der Waals surface area contributed by atoms with Crippen molar-refractivity contribution in [2.24, 2.45) is 0 Å². The second kappa shape index (κ2) is 4.84. The summed E-state index contributed by atoms with van der Waals surface area (Å²) in [6, 6.07) is 4.60. The van der Waals surface area contributed by atoms with E-state index in [1.807, 2.05) is 13.0 Å². The Morgan fingerprint density at radius 1 is 0.944 bits per heavy atom. The summed E-state index contributed by atoms with van der Waals surface area (Å²) in [5.74, 6) is -1.17. The first-order chi connectivity index (χ1) is 8.49. The van der Waals surface area contributed by atoms with Crippen molar-refractivity contribution in [1.82, 2.24) is 4.98 Å². The number of aryl methyl sites for hydroxylation is 1. The Hall–Kier alpha value is -1.77. The van der Waals surface area contributed by atoms with E-state index in [4.69, 9.17) is 0 Å². The van der Waals surface area contributed by atoms with E-state index >= 15 is 0 Å². The average Bonchev–Trinajstić information content (AvgIpc) is 2.27. The summed E-state index contributed by atoms with van der Waals surface area (Å²) < 4.78 is 27.8. The molecular formula is C15H15F2N. The number of rotatable bonds is 2. The van der Waals surface area contributed by atoms with Crippen LogP contribution in [-0.4, -0.2) is 4.98 Å². The molecule has 0 amide bonds. The maximum Gasteiger partial charge on any atom is 0.130 e. The van der Waals surface area contributed by atoms with E-state index in [0.29, 0.717) is 5.56 Å². The average molecular weight is 247 g/mol. The molecule has 0 saturated carbocycles. The molecule has 1 aromatic heterocycles. The third-order valence-corrected chi connectivity index (χ3v) is 2.86. The predicted molar refractivity (Wildman–Crippen MR) is 68.4 cm³/mol. The van der Waals surface area contributed by atoms with Crippen LogP contribution in [0, 0.1) is 18.6 Å². The van der Waals surface area contributed by atoms with Gasteiger partial charge in [-0.05, 0) is 42.2 Å². The quantitative estimate of drug-likeness (QED) is 0.763. The van der Waals surface area contributed by atoms with Gasteiger partial charge in [0.2, 0.25) is 0 Å². The van der Waals surface area contributed by atoms with Crippen LogP contribution in [-0.2, 0) is 0 Å². The smallest absolute Gasteiger partial charge is 0.130 e. The van der Waals surface area contributed by atoms with E-state index in [1.165, 1.54) is 12.1 Å². The Labute approximate surface area is 105 Å². The fourth-order valence-corrected chi connectivity index (χ4v) is 2.02. The lowest BCUT2D eigenvalue weighted by Crippen LogP contribution is -1.99. The summed E-state index contributed by atoms with van der Waals surface area (Å²) in [4.78, 5) is 4.03. The lowest BCUT2D eigenvalue weighted by atomic mass is 9.97. The second-order valence-electron chi connectivity index (χ2n) is 4.76. The SMILES string of the molecule is Cc1cncc(-c2cc(F)c(C(C)C)c(F)c2)c1. The number of benzene rings is 1. The minimum atomic E-state index is -0.499. The van der Waals surface area contributed by atoms with Crippen molar-refractivity contribution in [2.45, 2.75) is 26.7 Å². The largest absolute Gasteiger partial charge is 0.264 e. The number of hydrogen-bond donors (Lipinski definition) is 0. The van der Waals surface area contributed by atoms with Gasteiger partial charge in [-0.25, -0.2) is 8.78 Å². The fraction of sp³-hybridized carbons (Fsp3) is 0.267. The van der Waals surface area contributed by atoms with Crippen molar-refractivity contribution in [3.05, 3.63) is 53.4 Å². The molecule has 0 aliphatic rings. The molecule has 94 valence electrons. The Balaban J connectivity index is 2.55. The van der Waals surface area contributed by atoms with Gasteiger partial charge in [0.05, 0.1) is 0 Å². The summed E-state index contributed by atoms with van der Waals surface area (Å²) in [6.45, 7) is 5.44. The molecule has 2 aromatic rings. The van der Waals surface area contributed by atoms with E-state index in [9.17, 15) is 8.78 Å². The van der Waals surface area contributed by atoms with Crippen LogP contribution >= 0.6 is 0 Å². The van der Waals surface area contributed by atoms with Crippen molar-refractivity contribution in [3.63, 3.8) is 0 Å². The summed E-state index contributed by atoms with van der Waals surface area (Å²) in [5, 5.41) is 0. The molecule has 0 saturated heterocycles.